The molecule has 0 atom stereocenters. The van der Waals surface area contributed by atoms with Crippen molar-refractivity contribution in [1.82, 2.24) is 76.7 Å². The number of ether oxygens (including phenoxy) is 2. The summed E-state index contributed by atoms with van der Waals surface area (Å²) in [5, 5.41) is 63.7. The maximum atomic E-state index is 12.7. The van der Waals surface area contributed by atoms with E-state index in [1.54, 1.807) is 18.3 Å². The summed E-state index contributed by atoms with van der Waals surface area (Å²) < 4.78 is 160. The van der Waals surface area contributed by atoms with Crippen LogP contribution in [0.3, 0.4) is 0 Å². The molecule has 2 aliphatic heterocycles. The highest BCUT2D eigenvalue weighted by Gasteiger charge is 2.33. The number of aromatic amines is 1. The highest BCUT2D eigenvalue weighted by molar-refractivity contribution is 6.58. The number of amides is 2. The van der Waals surface area contributed by atoms with Crippen molar-refractivity contribution in [2.24, 2.45) is 0 Å². The second kappa shape index (κ2) is 46.8. The molecule has 2 fully saturated rings. The van der Waals surface area contributed by atoms with Crippen molar-refractivity contribution >= 4 is 65.0 Å². The zero-order valence-electron chi connectivity index (χ0n) is 64.0. The molecule has 0 bridgehead atoms. The summed E-state index contributed by atoms with van der Waals surface area (Å²) in [6.45, 7) is 16.3. The molecule has 6 N–H and O–H groups in total. The number of nitrogens with zero attached hydrogens (tertiary/aromatic N) is 12. The molecular formula is C80H80BCl3F12N16O7. The van der Waals surface area contributed by atoms with Gasteiger partial charge < -0.3 is 40.4 Å². The Bertz CT molecular complexity index is 4920. The Labute approximate surface area is 691 Å². The van der Waals surface area contributed by atoms with Gasteiger partial charge in [0.05, 0.1) is 76.4 Å². The maximum Gasteiger partial charge on any atom is 0.488 e. The smallest absolute Gasteiger partial charge is 0.472 e. The number of benzene rings is 6. The van der Waals surface area contributed by atoms with Crippen LogP contribution >= 0.6 is 34.8 Å². The zero-order chi connectivity index (χ0) is 86.7. The summed E-state index contributed by atoms with van der Waals surface area (Å²) in [6, 6.07) is 45.8. The van der Waals surface area contributed by atoms with Gasteiger partial charge in [0.2, 0.25) is 23.6 Å². The van der Waals surface area contributed by atoms with Gasteiger partial charge in [0.25, 0.3) is 5.56 Å². The predicted molar refractivity (Wildman–Crippen MR) is 427 cm³/mol. The Kier molecular flexibility index (Phi) is 37.3. The molecule has 0 spiro atoms. The average molecular weight is 1720 g/mol. The SMILES string of the molecule is CC(C)NC(=O)CN1CCN(c2cc(-c3ccc(C(F)(F)F)cc3)cnn2)CC1.CC(C)NC(=O)CN1CCNCC1.Clc1cnnc(Cl)c1.Clc1cnnc(OCc2ccccc2)c1.FC(F)(F)c1ccc(-c2cnnc(OCc3ccccc3)c2)cc1.O=c1cc(-c2ccc(C(F)(F)F)cc2)cn[nH]1.OB(O)c1ccc(C(F)(F)F)cc1. The molecule has 630 valence electrons. The maximum absolute atomic E-state index is 12.7. The van der Waals surface area contributed by atoms with E-state index in [4.69, 9.17) is 54.3 Å². The van der Waals surface area contributed by atoms with Gasteiger partial charge in [-0.15, -0.1) is 20.4 Å². The van der Waals surface area contributed by atoms with Gasteiger partial charge in [0.15, 0.2) is 11.0 Å². The lowest BCUT2D eigenvalue weighted by atomic mass is 9.80. The number of hydrogen-bond acceptors (Lipinski definition) is 20. The van der Waals surface area contributed by atoms with E-state index in [9.17, 15) is 67.1 Å². The Morgan fingerprint density at radius 2 is 0.832 bits per heavy atom. The van der Waals surface area contributed by atoms with Gasteiger partial charge in [-0.3, -0.25) is 24.2 Å². The number of hydrogen-bond donors (Lipinski definition) is 6. The molecule has 7 heterocycles. The van der Waals surface area contributed by atoms with Crippen LogP contribution in [0.15, 0.2) is 224 Å². The lowest BCUT2D eigenvalue weighted by Crippen LogP contribution is -2.50. The molecule has 2 saturated heterocycles. The van der Waals surface area contributed by atoms with E-state index in [1.807, 2.05) is 94.4 Å². The molecule has 23 nitrogen and oxygen atoms in total. The molecule has 5 aromatic heterocycles. The summed E-state index contributed by atoms with van der Waals surface area (Å²) in [4.78, 5) is 40.6. The fraction of sp³-hybridized carbons (Fsp3) is 0.275. The number of alkyl halides is 12. The van der Waals surface area contributed by atoms with Crippen LogP contribution < -0.4 is 41.3 Å². The van der Waals surface area contributed by atoms with E-state index in [-0.39, 0.29) is 29.4 Å². The number of aromatic nitrogens is 10. The summed E-state index contributed by atoms with van der Waals surface area (Å²) in [5.74, 6) is 1.57. The Hall–Kier alpha value is -11.2. The van der Waals surface area contributed by atoms with Gasteiger partial charge in [-0.1, -0.05) is 156 Å². The molecule has 0 unspecified atom stereocenters. The lowest BCUT2D eigenvalue weighted by Gasteiger charge is -2.34. The van der Waals surface area contributed by atoms with Gasteiger partial charge in [0.1, 0.15) is 13.2 Å². The van der Waals surface area contributed by atoms with Crippen LogP contribution in [0.25, 0.3) is 33.4 Å². The van der Waals surface area contributed by atoms with E-state index in [1.165, 1.54) is 73.3 Å². The molecule has 0 saturated carbocycles. The average Bonchev–Trinajstić information content (AvgIpc) is 0.834. The number of anilines is 1. The molecule has 39 heteroatoms. The van der Waals surface area contributed by atoms with Crippen molar-refractivity contribution in [2.75, 3.05) is 70.3 Å². The monoisotopic (exact) mass is 1720 g/mol. The number of carbonyl (C=O) groups is 2. The molecular weight excluding hydrogens is 1640 g/mol. The molecule has 119 heavy (non-hydrogen) atoms. The van der Waals surface area contributed by atoms with E-state index in [0.29, 0.717) is 106 Å². The van der Waals surface area contributed by atoms with Crippen LogP contribution in [0.1, 0.15) is 61.1 Å². The summed E-state index contributed by atoms with van der Waals surface area (Å²) in [6.07, 6.45) is -10.2. The first-order valence-corrected chi connectivity index (χ1v) is 37.3. The Balaban J connectivity index is 0.000000198. The molecule has 0 radical (unpaired) electrons. The Morgan fingerprint density at radius 1 is 0.454 bits per heavy atom. The minimum atomic E-state index is -4.39. The quantitative estimate of drug-likeness (QED) is 0.0365. The Morgan fingerprint density at radius 3 is 1.22 bits per heavy atom. The van der Waals surface area contributed by atoms with E-state index in [0.717, 1.165) is 111 Å². The van der Waals surface area contributed by atoms with Crippen molar-refractivity contribution in [3.8, 4) is 45.1 Å². The first kappa shape index (κ1) is 94.9. The first-order valence-electron chi connectivity index (χ1n) is 36.1. The minimum absolute atomic E-state index is 0.0116. The molecule has 2 aliphatic rings. The van der Waals surface area contributed by atoms with E-state index < -0.39 is 59.6 Å². The number of carbonyl (C=O) groups excluding carboxylic acids is 2. The number of piperazine rings is 2. The fourth-order valence-electron chi connectivity index (χ4n) is 10.5. The summed E-state index contributed by atoms with van der Waals surface area (Å²) in [5.41, 5.74) is 2.41. The first-order chi connectivity index (χ1) is 56.4. The third-order valence-corrected chi connectivity index (χ3v) is 16.9. The van der Waals surface area contributed by atoms with Crippen LogP contribution in [0.4, 0.5) is 58.5 Å². The third kappa shape index (κ3) is 35.1. The third-order valence-electron chi connectivity index (χ3n) is 16.3. The van der Waals surface area contributed by atoms with Crippen molar-refractivity contribution < 1.29 is 81.8 Å². The van der Waals surface area contributed by atoms with Gasteiger partial charge in [-0.2, -0.15) is 78.2 Å². The minimum Gasteiger partial charge on any atom is -0.472 e. The van der Waals surface area contributed by atoms with Crippen LogP contribution in [0.5, 0.6) is 11.8 Å². The normalized spacial score (nSPS) is 12.9. The highest BCUT2D eigenvalue weighted by Crippen LogP contribution is 2.35. The molecule has 13 rings (SSSR count). The molecule has 2 amide bonds. The number of H-pyrrole nitrogens is 1. The van der Waals surface area contributed by atoms with Crippen LogP contribution in [0, 0.1) is 0 Å². The fourth-order valence-corrected chi connectivity index (χ4v) is 11.0. The summed E-state index contributed by atoms with van der Waals surface area (Å²) in [7, 11) is -1.73. The number of halogens is 15. The molecule has 11 aromatic rings. The van der Waals surface area contributed by atoms with E-state index >= 15 is 0 Å². The largest absolute Gasteiger partial charge is 0.488 e. The molecule has 0 aliphatic carbocycles. The van der Waals surface area contributed by atoms with Gasteiger partial charge in [0, 0.05) is 99.3 Å². The van der Waals surface area contributed by atoms with Crippen molar-refractivity contribution in [2.45, 2.75) is 77.7 Å². The van der Waals surface area contributed by atoms with Crippen LogP contribution in [-0.4, -0.2) is 167 Å². The van der Waals surface area contributed by atoms with Crippen molar-refractivity contribution in [1.29, 1.82) is 0 Å². The van der Waals surface area contributed by atoms with Crippen molar-refractivity contribution in [3.63, 3.8) is 0 Å². The standard InChI is InChI=1S/C20H24F3N5O.C18H13F3N2O.C11H9ClN2O.C11H7F3N2O.C9H19N3O.C7H6BF3O2.C4H2Cl2N2/c1-14(2)25-19(29)13-27-7-9-28(10-8-27)18-11-16(12-24-26-18)15-3-5-17(6-4-15)20(21,22)23;19-18(20,21)16-8-6-14(7-9-16)15-10-17(23-22-11-15)24-12-13-4-2-1-3-5-13;12-10-6-11(14-13-7-10)15-8-9-4-2-1-3-5-9;12-11(13,14)9-3-1-7(2-4-9)8-5-10(17)16-15-6-8;1-8(2)11-9(13)7-12-5-3-10-4-6-12;9-7(10,11)5-1-3-6(4-2-5)8(12)13;5-3-1-4(6)8-7-2-3/h3-6,11-12,14H,7-10,13H2,1-2H3,(H,25,29);1-11H,12H2;1-7H,8H2;1-6H,(H,16,17);8,10H,3-7H2,1-2H3,(H,11,13);1-4,12-13H;1-2H. The predicted octanol–water partition coefficient (Wildman–Crippen LogP) is 14.3. The van der Waals surface area contributed by atoms with Crippen LogP contribution in [-0.2, 0) is 47.5 Å². The topological polar surface area (TPSA) is 288 Å². The van der Waals surface area contributed by atoms with Gasteiger partial charge in [-0.25, -0.2) is 5.10 Å². The van der Waals surface area contributed by atoms with Crippen molar-refractivity contribution in [3.05, 3.63) is 278 Å². The summed E-state index contributed by atoms with van der Waals surface area (Å²) >= 11 is 16.6. The molecule has 6 aromatic carbocycles. The second-order valence-corrected chi connectivity index (χ2v) is 27.6. The van der Waals surface area contributed by atoms with Gasteiger partial charge >= 0.3 is 31.8 Å². The van der Waals surface area contributed by atoms with E-state index in [2.05, 4.69) is 81.6 Å². The number of nitrogens with one attached hydrogen (secondary N) is 4. The lowest BCUT2D eigenvalue weighted by molar-refractivity contribution is -0.138. The second-order valence-electron chi connectivity index (χ2n) is 26.3. The highest BCUT2D eigenvalue weighted by atomic mass is 35.5. The van der Waals surface area contributed by atoms with Crippen LogP contribution in [0.2, 0.25) is 15.2 Å². The zero-order valence-corrected chi connectivity index (χ0v) is 66.2. The van der Waals surface area contributed by atoms with Gasteiger partial charge in [-0.05, 0) is 110 Å². The number of rotatable bonds is 17.